The first-order chi connectivity index (χ1) is 30.0. The molecule has 0 aliphatic heterocycles. The van der Waals surface area contributed by atoms with Crippen LogP contribution in [0, 0.1) is 29.2 Å². The fourth-order valence-electron chi connectivity index (χ4n) is 5.56. The van der Waals surface area contributed by atoms with Crippen LogP contribution < -0.4 is 16.0 Å². The lowest BCUT2D eigenvalue weighted by atomic mass is 10.0. The van der Waals surface area contributed by atoms with Crippen LogP contribution in [-0.2, 0) is 46.4 Å². The number of hydrogen-bond donors (Lipinski definition) is 4. The minimum Gasteiger partial charge on any atom is -0.480 e. The molecule has 4 N–H and O–H groups in total. The number of hydrogen-bond acceptors (Lipinski definition) is 10. The Hall–Kier alpha value is -6.79. The normalized spacial score (nSPS) is 12.1. The van der Waals surface area contributed by atoms with Gasteiger partial charge in [0.2, 0.25) is 11.8 Å². The van der Waals surface area contributed by atoms with Gasteiger partial charge < -0.3 is 35.3 Å². The molecule has 14 nitrogen and oxygen atoms in total. The van der Waals surface area contributed by atoms with Gasteiger partial charge in [0, 0.05) is 6.42 Å². The lowest BCUT2D eigenvalue weighted by molar-refractivity contribution is -0.142. The van der Waals surface area contributed by atoms with Crippen molar-refractivity contribution in [1.29, 1.82) is 0 Å². The molecule has 0 aliphatic carbocycles. The van der Waals surface area contributed by atoms with Crippen LogP contribution in [0.5, 0.6) is 0 Å². The van der Waals surface area contributed by atoms with E-state index < -0.39 is 120 Å². The molecule has 0 saturated carbocycles. The quantitative estimate of drug-likeness (QED) is 0.0569. The highest BCUT2D eigenvalue weighted by Crippen LogP contribution is 2.15. The third kappa shape index (κ3) is 17.6. The van der Waals surface area contributed by atoms with Crippen molar-refractivity contribution in [1.82, 2.24) is 16.0 Å². The summed E-state index contributed by atoms with van der Waals surface area (Å²) in [5, 5.41) is 17.2. The van der Waals surface area contributed by atoms with Crippen molar-refractivity contribution in [3.63, 3.8) is 0 Å². The van der Waals surface area contributed by atoms with E-state index >= 15 is 0 Å². The summed E-state index contributed by atoms with van der Waals surface area (Å²) in [5.74, 6) is -9.21. The lowest BCUT2D eigenvalue weighted by Crippen LogP contribution is -2.55. The van der Waals surface area contributed by atoms with Crippen LogP contribution >= 0.6 is 0 Å². The van der Waals surface area contributed by atoms with Crippen molar-refractivity contribution in [2.45, 2.75) is 58.3 Å². The van der Waals surface area contributed by atoms with Crippen molar-refractivity contribution in [2.75, 3.05) is 26.4 Å². The van der Waals surface area contributed by atoms with Crippen LogP contribution in [0.15, 0.2) is 97.1 Å². The highest BCUT2D eigenvalue weighted by atomic mass is 19.1. The zero-order chi connectivity index (χ0) is 46.5. The molecule has 0 radical (unpaired) electrons. The van der Waals surface area contributed by atoms with Gasteiger partial charge in [0.25, 0.3) is 0 Å². The van der Waals surface area contributed by atoms with E-state index in [1.165, 1.54) is 6.92 Å². The number of ketones is 3. The second-order valence-corrected chi connectivity index (χ2v) is 14.3. The lowest BCUT2D eigenvalue weighted by Gasteiger charge is -2.24. The van der Waals surface area contributed by atoms with Gasteiger partial charge in [0.1, 0.15) is 74.4 Å². The van der Waals surface area contributed by atoms with Crippen molar-refractivity contribution in [3.8, 4) is 0 Å². The first-order valence-electron chi connectivity index (χ1n) is 19.4. The van der Waals surface area contributed by atoms with Gasteiger partial charge in [-0.1, -0.05) is 86.6 Å². The van der Waals surface area contributed by atoms with E-state index in [0.29, 0.717) is 6.42 Å². The number of carbonyl (C=O) groups is 7. The van der Waals surface area contributed by atoms with Crippen molar-refractivity contribution >= 4 is 41.2 Å². The predicted molar refractivity (Wildman–Crippen MR) is 218 cm³/mol. The molecule has 0 unspecified atom stereocenters. The van der Waals surface area contributed by atoms with Crippen LogP contribution in [0.2, 0.25) is 0 Å². The fourth-order valence-corrected chi connectivity index (χ4v) is 5.56. The summed E-state index contributed by atoms with van der Waals surface area (Å²) in [6, 6.07) is 20.8. The first kappa shape index (κ1) is 50.6. The molecular weight excluding hydrogens is 834 g/mol. The molecule has 18 heteroatoms. The molecule has 0 spiro atoms. The van der Waals surface area contributed by atoms with Crippen LogP contribution in [0.3, 0.4) is 0 Å². The minimum absolute atomic E-state index is 0.0440. The Morgan fingerprint density at radius 3 is 1.44 bits per heavy atom. The molecule has 4 aromatic carbocycles. The number of carboxylic acid groups (broad SMARTS) is 1. The number of ether oxygens (including phenoxy) is 3. The largest absolute Gasteiger partial charge is 0.480 e. The van der Waals surface area contributed by atoms with Gasteiger partial charge in [0.15, 0.2) is 17.3 Å². The number of carboxylic acids is 1. The summed E-state index contributed by atoms with van der Waals surface area (Å²) in [4.78, 5) is 84.4. The maximum absolute atomic E-state index is 13.4. The number of aliphatic carboxylic acids is 1. The number of nitrogens with one attached hydrogen (secondary N) is 3. The Morgan fingerprint density at radius 1 is 0.556 bits per heavy atom. The van der Waals surface area contributed by atoms with Gasteiger partial charge >= 0.3 is 12.1 Å². The Labute approximate surface area is 360 Å². The Balaban J connectivity index is 0.000000344. The first-order valence-corrected chi connectivity index (χ1v) is 19.4. The van der Waals surface area contributed by atoms with Gasteiger partial charge in [-0.15, -0.1) is 0 Å². The summed E-state index contributed by atoms with van der Waals surface area (Å²) < 4.78 is 68.4. The topological polar surface area (TPSA) is 203 Å². The van der Waals surface area contributed by atoms with Crippen molar-refractivity contribution in [2.24, 2.45) is 5.92 Å². The molecule has 63 heavy (non-hydrogen) atoms. The second-order valence-electron chi connectivity index (χ2n) is 14.3. The average molecular weight is 882 g/mol. The Kier molecular flexibility index (Phi) is 20.8. The number of carbonyl (C=O) groups excluding carboxylic acids is 6. The van der Waals surface area contributed by atoms with E-state index in [-0.39, 0.29) is 18.9 Å². The zero-order valence-electron chi connectivity index (χ0n) is 34.5. The third-order valence-corrected chi connectivity index (χ3v) is 8.65. The molecule has 0 aliphatic rings. The molecule has 4 aromatic rings. The molecule has 0 aromatic heterocycles. The van der Waals surface area contributed by atoms with E-state index in [2.05, 4.69) is 16.0 Å². The summed E-state index contributed by atoms with van der Waals surface area (Å²) in [5.41, 5.74) is 0.0146. The van der Waals surface area contributed by atoms with E-state index in [4.69, 9.17) is 14.2 Å². The zero-order valence-corrected chi connectivity index (χ0v) is 34.5. The summed E-state index contributed by atoms with van der Waals surface area (Å²) in [6.45, 7) is 2.55. The number of benzene rings is 4. The molecule has 0 fully saturated rings. The highest BCUT2D eigenvalue weighted by molar-refractivity contribution is 5.98. The monoisotopic (exact) mass is 881 g/mol. The van der Waals surface area contributed by atoms with E-state index in [1.54, 1.807) is 36.4 Å². The average Bonchev–Trinajstić information content (AvgIpc) is 3.23. The van der Waals surface area contributed by atoms with E-state index in [1.807, 2.05) is 38.1 Å². The van der Waals surface area contributed by atoms with Crippen LogP contribution in [0.4, 0.5) is 22.4 Å². The van der Waals surface area contributed by atoms with E-state index in [9.17, 15) is 56.2 Å². The molecular formula is C45H47F4N3O11. The third-order valence-electron chi connectivity index (χ3n) is 8.65. The van der Waals surface area contributed by atoms with Gasteiger partial charge in [-0.25, -0.2) is 27.2 Å². The number of halogens is 4. The van der Waals surface area contributed by atoms with Gasteiger partial charge in [-0.2, -0.15) is 0 Å². The van der Waals surface area contributed by atoms with E-state index in [0.717, 1.165) is 47.5 Å². The smallest absolute Gasteiger partial charge is 0.408 e. The molecule has 336 valence electrons. The number of alkyl carbamates (subject to hydrolysis) is 1. The van der Waals surface area contributed by atoms with Crippen LogP contribution in [-0.4, -0.2) is 90.9 Å². The van der Waals surface area contributed by atoms with Crippen LogP contribution in [0.1, 0.15) is 59.0 Å². The van der Waals surface area contributed by atoms with Crippen LogP contribution in [0.25, 0.3) is 0 Å². The second kappa shape index (κ2) is 25.9. The number of rotatable bonds is 22. The maximum atomic E-state index is 13.4. The molecule has 4 rings (SSSR count). The molecule has 0 bridgehead atoms. The number of Topliss-reactive ketones (excluding diaryl/α,β-unsaturated/α-hetero) is 3. The standard InChI is InChI=1S/C26H33N3O6.C19H14F4O5/c1-17(2)14-21(24(31)29-22(25(32)33)15-19-10-6-4-7-11-19)28-23(30)18(3)27-26(34)35-16-20-12-8-5-9-13-20;20-12-3-1-4-13(21)18(12)16(25)9-27-7-11(24)8-28-10-17(26)19-14(22)5-2-6-15(19)23/h4-13,17-18,21-22H,14-16H2,1-3H3,(H,27,34)(H,28,30)(H,29,31)(H,32,33);1-6H,7-10H2/t18-,21+,22+;/m1./s1. The van der Waals surface area contributed by atoms with Crippen molar-refractivity contribution in [3.05, 3.63) is 143 Å². The number of amides is 3. The Bertz CT molecular complexity index is 2080. The van der Waals surface area contributed by atoms with Gasteiger partial charge in [0.05, 0.1) is 11.1 Å². The summed E-state index contributed by atoms with van der Waals surface area (Å²) in [7, 11) is 0. The molecule has 3 atom stereocenters. The van der Waals surface area contributed by atoms with Crippen molar-refractivity contribution < 1.29 is 70.4 Å². The highest BCUT2D eigenvalue weighted by Gasteiger charge is 2.29. The maximum Gasteiger partial charge on any atom is 0.408 e. The minimum atomic E-state index is -1.17. The molecule has 0 saturated heterocycles. The van der Waals surface area contributed by atoms with Gasteiger partial charge in [-0.05, 0) is 54.7 Å². The fraction of sp³-hybridized carbons (Fsp3) is 0.311. The molecule has 3 amide bonds. The SMILES string of the molecule is CC(C)C[C@H](NC(=O)[C@@H](C)NC(=O)OCc1ccccc1)C(=O)N[C@@H](Cc1ccccc1)C(=O)O.O=C(COCC(=O)c1c(F)cccc1F)COCC(=O)c1c(F)cccc1F. The van der Waals surface area contributed by atoms with Gasteiger partial charge in [-0.3, -0.25) is 24.0 Å². The summed E-state index contributed by atoms with van der Waals surface area (Å²) in [6.07, 6.45) is -0.370. The predicted octanol–water partition coefficient (Wildman–Crippen LogP) is 5.56. The summed E-state index contributed by atoms with van der Waals surface area (Å²) >= 11 is 0. The molecule has 0 heterocycles. The Morgan fingerprint density at radius 2 is 1.00 bits per heavy atom.